The zero-order valence-electron chi connectivity index (χ0n) is 15.5. The number of hydrogen-bond acceptors (Lipinski definition) is 6. The van der Waals surface area contributed by atoms with Gasteiger partial charge in [0.15, 0.2) is 17.4 Å². The van der Waals surface area contributed by atoms with Gasteiger partial charge in [0.2, 0.25) is 0 Å². The number of hydrogen-bond donors (Lipinski definition) is 2. The van der Waals surface area contributed by atoms with Crippen molar-refractivity contribution in [2.24, 2.45) is 11.8 Å². The third-order valence-electron chi connectivity index (χ3n) is 6.04. The summed E-state index contributed by atoms with van der Waals surface area (Å²) in [6.45, 7) is 3.15. The van der Waals surface area contributed by atoms with Crippen molar-refractivity contribution in [3.05, 3.63) is 42.0 Å². The molecule has 0 radical (unpaired) electrons. The minimum absolute atomic E-state index is 0.308. The highest BCUT2D eigenvalue weighted by atomic mass is 19.1. The smallest absolute Gasteiger partial charge is 0.168 e. The Kier molecular flexibility index (Phi) is 4.12. The van der Waals surface area contributed by atoms with Crippen molar-refractivity contribution in [2.75, 3.05) is 18.5 Å². The molecule has 1 aliphatic heterocycles. The Bertz CT molecular complexity index is 1040. The summed E-state index contributed by atoms with van der Waals surface area (Å²) in [4.78, 5) is 4.24. The summed E-state index contributed by atoms with van der Waals surface area (Å²) in [7, 11) is 0. The Morgan fingerprint density at radius 1 is 1.11 bits per heavy atom. The molecule has 2 atom stereocenters. The van der Waals surface area contributed by atoms with Gasteiger partial charge in [-0.2, -0.15) is 0 Å². The number of benzene rings is 1. The van der Waals surface area contributed by atoms with Gasteiger partial charge in [0.25, 0.3) is 0 Å². The lowest BCUT2D eigenvalue weighted by atomic mass is 9.96. The minimum Gasteiger partial charge on any atom is -0.504 e. The first-order valence-corrected chi connectivity index (χ1v) is 9.56. The Hall–Kier alpha value is -2.80. The fourth-order valence-corrected chi connectivity index (χ4v) is 4.47. The molecule has 1 aliphatic carbocycles. The van der Waals surface area contributed by atoms with E-state index < -0.39 is 11.6 Å². The summed E-state index contributed by atoms with van der Waals surface area (Å²) >= 11 is 0. The standard InChI is InChI=1S/C21H21FN4O2/c1-11-2-5-15(20(27)17(11)22)19-14-6-7-23-8-16(14)21(26-25-19)24-18-12-3-4-13(18)10-28-9-12/h2,5-8,12-13,18,27H,3-4,9-10H2,1H3,(H,24,26). The van der Waals surface area contributed by atoms with Crippen LogP contribution in [0.3, 0.4) is 0 Å². The number of halogens is 1. The van der Waals surface area contributed by atoms with Crippen LogP contribution in [0.5, 0.6) is 5.75 Å². The number of anilines is 1. The van der Waals surface area contributed by atoms with Gasteiger partial charge in [-0.15, -0.1) is 10.2 Å². The molecule has 0 spiro atoms. The van der Waals surface area contributed by atoms with Crippen LogP contribution in [-0.2, 0) is 4.74 Å². The molecule has 144 valence electrons. The number of phenolic OH excluding ortho intramolecular Hbond substituents is 1. The third kappa shape index (κ3) is 2.69. The van der Waals surface area contributed by atoms with E-state index in [9.17, 15) is 9.50 Å². The Morgan fingerprint density at radius 2 is 1.89 bits per heavy atom. The van der Waals surface area contributed by atoms with Crippen LogP contribution in [0.15, 0.2) is 30.6 Å². The highest BCUT2D eigenvalue weighted by molar-refractivity contribution is 6.00. The van der Waals surface area contributed by atoms with E-state index in [2.05, 4.69) is 20.5 Å². The van der Waals surface area contributed by atoms with Gasteiger partial charge >= 0.3 is 0 Å². The van der Waals surface area contributed by atoms with Gasteiger partial charge in [-0.3, -0.25) is 4.98 Å². The van der Waals surface area contributed by atoms with E-state index in [-0.39, 0.29) is 0 Å². The number of aromatic nitrogens is 3. The summed E-state index contributed by atoms with van der Waals surface area (Å²) in [6.07, 6.45) is 5.71. The lowest BCUT2D eigenvalue weighted by Gasteiger charge is -2.31. The molecule has 2 N–H and O–H groups in total. The molecule has 3 aromatic rings. The van der Waals surface area contributed by atoms with E-state index in [4.69, 9.17) is 4.74 Å². The van der Waals surface area contributed by atoms with Crippen molar-refractivity contribution >= 4 is 16.6 Å². The lowest BCUT2D eigenvalue weighted by Crippen LogP contribution is -2.39. The molecule has 1 saturated carbocycles. The molecule has 1 aromatic carbocycles. The van der Waals surface area contributed by atoms with Crippen LogP contribution >= 0.6 is 0 Å². The van der Waals surface area contributed by atoms with Crippen LogP contribution in [0.2, 0.25) is 0 Å². The number of aromatic hydroxyl groups is 1. The predicted octanol–water partition coefficient (Wildman–Crippen LogP) is 3.68. The molecule has 3 heterocycles. The first-order chi connectivity index (χ1) is 13.6. The van der Waals surface area contributed by atoms with E-state index in [1.54, 1.807) is 31.5 Å². The molecule has 2 aromatic heterocycles. The second-order valence-corrected chi connectivity index (χ2v) is 7.72. The van der Waals surface area contributed by atoms with Gasteiger partial charge in [-0.25, -0.2) is 4.39 Å². The molecule has 2 unspecified atom stereocenters. The summed E-state index contributed by atoms with van der Waals surface area (Å²) in [5.74, 6) is 0.574. The molecular formula is C21H21FN4O2. The van der Waals surface area contributed by atoms with E-state index in [1.807, 2.05) is 6.07 Å². The molecule has 2 aliphatic rings. The van der Waals surface area contributed by atoms with Crippen molar-refractivity contribution in [1.29, 1.82) is 0 Å². The van der Waals surface area contributed by atoms with Gasteiger partial charge in [-0.05, 0) is 37.5 Å². The predicted molar refractivity (Wildman–Crippen MR) is 104 cm³/mol. The Balaban J connectivity index is 1.59. The lowest BCUT2D eigenvalue weighted by molar-refractivity contribution is 0.0392. The van der Waals surface area contributed by atoms with Crippen molar-refractivity contribution < 1.29 is 14.2 Å². The van der Waals surface area contributed by atoms with E-state index in [1.165, 1.54) is 0 Å². The van der Waals surface area contributed by atoms with E-state index in [0.717, 1.165) is 36.8 Å². The number of fused-ring (bicyclic) bond motifs is 3. The van der Waals surface area contributed by atoms with Gasteiger partial charge in [0, 0.05) is 46.6 Å². The Morgan fingerprint density at radius 3 is 2.68 bits per heavy atom. The summed E-state index contributed by atoms with van der Waals surface area (Å²) in [6, 6.07) is 5.43. The molecule has 5 rings (SSSR count). The molecular weight excluding hydrogens is 359 g/mol. The van der Waals surface area contributed by atoms with Crippen LogP contribution in [-0.4, -0.2) is 39.5 Å². The van der Waals surface area contributed by atoms with Crippen LogP contribution in [0.4, 0.5) is 10.2 Å². The highest BCUT2D eigenvalue weighted by Crippen LogP contribution is 2.40. The van der Waals surface area contributed by atoms with Crippen molar-refractivity contribution in [3.63, 3.8) is 0 Å². The van der Waals surface area contributed by atoms with Gasteiger partial charge < -0.3 is 15.2 Å². The zero-order chi connectivity index (χ0) is 19.3. The van der Waals surface area contributed by atoms with Crippen LogP contribution in [0.25, 0.3) is 22.0 Å². The molecule has 6 nitrogen and oxygen atoms in total. The summed E-state index contributed by atoms with van der Waals surface area (Å²) in [5, 5.41) is 24.2. The number of aryl methyl sites for hydroxylation is 1. The van der Waals surface area contributed by atoms with Crippen molar-refractivity contribution in [1.82, 2.24) is 15.2 Å². The molecule has 28 heavy (non-hydrogen) atoms. The maximum Gasteiger partial charge on any atom is 0.168 e. The second-order valence-electron chi connectivity index (χ2n) is 7.72. The SMILES string of the molecule is Cc1ccc(-c2nnc(NC3C4CCC3COC4)c3cnccc23)c(O)c1F. The maximum absolute atomic E-state index is 14.2. The van der Waals surface area contributed by atoms with Gasteiger partial charge in [0.05, 0.1) is 13.2 Å². The number of rotatable bonds is 3. The average molecular weight is 380 g/mol. The van der Waals surface area contributed by atoms with Crippen molar-refractivity contribution in [3.8, 4) is 17.0 Å². The van der Waals surface area contributed by atoms with E-state index in [0.29, 0.717) is 40.5 Å². The van der Waals surface area contributed by atoms with Crippen molar-refractivity contribution in [2.45, 2.75) is 25.8 Å². The number of pyridine rings is 1. The third-order valence-corrected chi connectivity index (χ3v) is 6.04. The maximum atomic E-state index is 14.2. The first kappa shape index (κ1) is 17.3. The number of nitrogens with one attached hydrogen (secondary N) is 1. The topological polar surface area (TPSA) is 80.2 Å². The second kappa shape index (κ2) is 6.67. The van der Waals surface area contributed by atoms with Gasteiger partial charge in [0.1, 0.15) is 5.69 Å². The molecule has 2 fully saturated rings. The fraction of sp³-hybridized carbons (Fsp3) is 0.381. The molecule has 2 bridgehead atoms. The number of phenols is 1. The monoisotopic (exact) mass is 380 g/mol. The van der Waals surface area contributed by atoms with Crippen LogP contribution in [0, 0.1) is 24.6 Å². The number of nitrogens with zero attached hydrogens (tertiary/aromatic N) is 3. The van der Waals surface area contributed by atoms with E-state index >= 15 is 0 Å². The molecule has 7 heteroatoms. The summed E-state index contributed by atoms with van der Waals surface area (Å²) < 4.78 is 19.9. The minimum atomic E-state index is -0.637. The quantitative estimate of drug-likeness (QED) is 0.722. The Labute approximate surface area is 161 Å². The van der Waals surface area contributed by atoms with Crippen LogP contribution < -0.4 is 5.32 Å². The normalized spacial score (nSPS) is 23.9. The number of ether oxygens (including phenoxy) is 1. The first-order valence-electron chi connectivity index (χ1n) is 9.56. The van der Waals surface area contributed by atoms with Gasteiger partial charge in [-0.1, -0.05) is 6.07 Å². The highest BCUT2D eigenvalue weighted by Gasteiger charge is 2.40. The fourth-order valence-electron chi connectivity index (χ4n) is 4.47. The summed E-state index contributed by atoms with van der Waals surface area (Å²) in [5.41, 5.74) is 1.15. The average Bonchev–Trinajstić information content (AvgIpc) is 2.93. The largest absolute Gasteiger partial charge is 0.504 e. The van der Waals surface area contributed by atoms with Crippen LogP contribution in [0.1, 0.15) is 18.4 Å². The molecule has 0 amide bonds. The molecule has 1 saturated heterocycles. The zero-order valence-corrected chi connectivity index (χ0v) is 15.5.